The SMILES string of the molecule is CC(C)(C)NC(=O)[C@@H](Cc1ccc(OP2(=O)CO[C@@H](Cn3ccc(N)nc3=O)CO2)cc1)N(C(=O)O)C(C)(C)C. The van der Waals surface area contributed by atoms with E-state index in [-0.39, 0.29) is 37.5 Å². The summed E-state index contributed by atoms with van der Waals surface area (Å²) in [7, 11) is -3.63. The van der Waals surface area contributed by atoms with Crippen molar-refractivity contribution in [1.82, 2.24) is 19.8 Å². The summed E-state index contributed by atoms with van der Waals surface area (Å²) in [6.45, 7) is 10.8. The van der Waals surface area contributed by atoms with Crippen molar-refractivity contribution in [2.75, 3.05) is 18.7 Å². The molecule has 14 heteroatoms. The Labute approximate surface area is 233 Å². The van der Waals surface area contributed by atoms with E-state index in [4.69, 9.17) is 19.5 Å². The summed E-state index contributed by atoms with van der Waals surface area (Å²) in [5.74, 6) is -0.0355. The van der Waals surface area contributed by atoms with Gasteiger partial charge in [0.25, 0.3) is 0 Å². The first kappa shape index (κ1) is 31.1. The van der Waals surface area contributed by atoms with Gasteiger partial charge >= 0.3 is 19.4 Å². The Balaban J connectivity index is 1.67. The van der Waals surface area contributed by atoms with E-state index in [1.165, 1.54) is 16.8 Å². The van der Waals surface area contributed by atoms with E-state index in [0.717, 1.165) is 4.90 Å². The number of nitrogens with zero attached hydrogens (tertiary/aromatic N) is 3. The third-order valence-electron chi connectivity index (χ3n) is 5.86. The van der Waals surface area contributed by atoms with Gasteiger partial charge in [0.05, 0.1) is 13.2 Å². The molecule has 3 atom stereocenters. The molecule has 2 heterocycles. The summed E-state index contributed by atoms with van der Waals surface area (Å²) in [5, 5.41) is 12.8. The second kappa shape index (κ2) is 12.0. The average Bonchev–Trinajstić information content (AvgIpc) is 2.81. The topological polar surface area (TPSA) is 175 Å². The lowest BCUT2D eigenvalue weighted by atomic mass is 9.97. The zero-order chi connectivity index (χ0) is 29.9. The molecule has 2 amide bonds. The van der Waals surface area contributed by atoms with Crippen LogP contribution < -0.4 is 21.3 Å². The van der Waals surface area contributed by atoms with Gasteiger partial charge in [0.15, 0.2) is 6.35 Å². The Hall–Kier alpha value is -3.41. The molecule has 40 heavy (non-hydrogen) atoms. The molecular weight excluding hydrogens is 541 g/mol. The molecule has 0 radical (unpaired) electrons. The lowest BCUT2D eigenvalue weighted by molar-refractivity contribution is -0.129. The Morgan fingerprint density at radius 3 is 2.38 bits per heavy atom. The maximum absolute atomic E-state index is 13.2. The van der Waals surface area contributed by atoms with Gasteiger partial charge in [-0.2, -0.15) is 4.98 Å². The fraction of sp³-hybridized carbons (Fsp3) is 0.538. The largest absolute Gasteiger partial charge is 0.465 e. The number of hydrogen-bond acceptors (Lipinski definition) is 9. The van der Waals surface area contributed by atoms with E-state index in [2.05, 4.69) is 10.3 Å². The van der Waals surface area contributed by atoms with Crippen molar-refractivity contribution in [3.8, 4) is 5.75 Å². The molecule has 0 bridgehead atoms. The van der Waals surface area contributed by atoms with E-state index in [1.807, 2.05) is 20.8 Å². The van der Waals surface area contributed by atoms with Gasteiger partial charge in [0.1, 0.15) is 23.7 Å². The van der Waals surface area contributed by atoms with Gasteiger partial charge in [-0.05, 0) is 65.3 Å². The first-order chi connectivity index (χ1) is 18.5. The van der Waals surface area contributed by atoms with Gasteiger partial charge in [-0.15, -0.1) is 0 Å². The predicted octanol–water partition coefficient (Wildman–Crippen LogP) is 3.07. The van der Waals surface area contributed by atoms with Crippen molar-refractivity contribution < 1.29 is 33.0 Å². The number of amides is 2. The van der Waals surface area contributed by atoms with Crippen LogP contribution in [0.4, 0.5) is 10.6 Å². The lowest BCUT2D eigenvalue weighted by Gasteiger charge is -2.40. The van der Waals surface area contributed by atoms with Gasteiger partial charge in [-0.25, -0.2) is 14.2 Å². The van der Waals surface area contributed by atoms with Crippen LogP contribution in [-0.2, 0) is 31.6 Å². The molecule has 1 aromatic heterocycles. The molecule has 1 saturated heterocycles. The first-order valence-electron chi connectivity index (χ1n) is 12.8. The van der Waals surface area contributed by atoms with Gasteiger partial charge in [0, 0.05) is 23.7 Å². The number of nitrogen functional groups attached to an aromatic ring is 1. The normalized spacial score (nSPS) is 20.4. The number of anilines is 1. The van der Waals surface area contributed by atoms with Gasteiger partial charge in [0.2, 0.25) is 5.91 Å². The number of carbonyl (C=O) groups is 2. The molecule has 3 rings (SSSR count). The van der Waals surface area contributed by atoms with E-state index in [9.17, 15) is 24.1 Å². The lowest BCUT2D eigenvalue weighted by Crippen LogP contribution is -2.59. The molecule has 1 aromatic carbocycles. The summed E-state index contributed by atoms with van der Waals surface area (Å²) in [6, 6.07) is 7.00. The van der Waals surface area contributed by atoms with E-state index >= 15 is 0 Å². The predicted molar refractivity (Wildman–Crippen MR) is 148 cm³/mol. The van der Waals surface area contributed by atoms with Gasteiger partial charge < -0.3 is 25.4 Å². The van der Waals surface area contributed by atoms with Crippen molar-refractivity contribution >= 4 is 25.4 Å². The molecule has 1 unspecified atom stereocenters. The smallest absolute Gasteiger partial charge is 0.408 e. The van der Waals surface area contributed by atoms with Crippen LogP contribution >= 0.6 is 7.60 Å². The van der Waals surface area contributed by atoms with Crippen LogP contribution in [0.5, 0.6) is 5.75 Å². The molecule has 0 spiro atoms. The number of carboxylic acid groups (broad SMARTS) is 1. The summed E-state index contributed by atoms with van der Waals surface area (Å²) >= 11 is 0. The summed E-state index contributed by atoms with van der Waals surface area (Å²) in [4.78, 5) is 42.1. The second-order valence-electron chi connectivity index (χ2n) is 11.6. The van der Waals surface area contributed by atoms with Crippen LogP contribution in [0.3, 0.4) is 0 Å². The summed E-state index contributed by atoms with van der Waals surface area (Å²) < 4.78 is 31.2. The zero-order valence-corrected chi connectivity index (χ0v) is 24.5. The molecule has 4 N–H and O–H groups in total. The third-order valence-corrected chi connectivity index (χ3v) is 7.36. The minimum atomic E-state index is -3.63. The van der Waals surface area contributed by atoms with Crippen LogP contribution in [0.2, 0.25) is 0 Å². The average molecular weight is 580 g/mol. The Morgan fingerprint density at radius 2 is 1.88 bits per heavy atom. The summed E-state index contributed by atoms with van der Waals surface area (Å²) in [6.07, 6.45) is -0.443. The molecule has 0 aliphatic carbocycles. The van der Waals surface area contributed by atoms with E-state index in [0.29, 0.717) is 5.56 Å². The highest BCUT2D eigenvalue weighted by atomic mass is 31.2. The molecule has 220 valence electrons. The number of nitrogens with two attached hydrogens (primary N) is 1. The highest BCUT2D eigenvalue weighted by molar-refractivity contribution is 7.54. The maximum Gasteiger partial charge on any atom is 0.408 e. The second-order valence-corrected chi connectivity index (χ2v) is 13.6. The molecule has 0 saturated carbocycles. The number of nitrogens with one attached hydrogen (secondary N) is 1. The fourth-order valence-electron chi connectivity index (χ4n) is 4.15. The molecule has 1 aliphatic rings. The minimum absolute atomic E-state index is 0.0609. The number of carbonyl (C=O) groups excluding carboxylic acids is 1. The highest BCUT2D eigenvalue weighted by Gasteiger charge is 2.39. The fourth-order valence-corrected chi connectivity index (χ4v) is 5.56. The quantitative estimate of drug-likeness (QED) is 0.394. The monoisotopic (exact) mass is 579 g/mol. The van der Waals surface area contributed by atoms with Crippen molar-refractivity contribution in [2.45, 2.75) is 77.7 Å². The van der Waals surface area contributed by atoms with Crippen LogP contribution in [0.1, 0.15) is 47.1 Å². The molecule has 2 aromatic rings. The third kappa shape index (κ3) is 8.54. The number of benzene rings is 1. The number of hydrogen-bond donors (Lipinski definition) is 3. The minimum Gasteiger partial charge on any atom is -0.465 e. The van der Waals surface area contributed by atoms with E-state index < -0.39 is 48.5 Å². The highest BCUT2D eigenvalue weighted by Crippen LogP contribution is 2.50. The number of aromatic nitrogens is 2. The summed E-state index contributed by atoms with van der Waals surface area (Å²) in [5.41, 5.74) is 4.27. The van der Waals surface area contributed by atoms with Crippen LogP contribution in [0, 0.1) is 0 Å². The van der Waals surface area contributed by atoms with Crippen molar-refractivity contribution in [3.05, 3.63) is 52.6 Å². The Bertz CT molecular complexity index is 1300. The maximum atomic E-state index is 13.2. The Kier molecular flexibility index (Phi) is 9.33. The number of rotatable bonds is 8. The Morgan fingerprint density at radius 1 is 1.23 bits per heavy atom. The molecular formula is C26H38N5O8P. The molecule has 1 fully saturated rings. The standard InChI is InChI=1S/C26H38N5O8P/c1-25(2,3)29-22(32)20(31(24(34)35)26(4,5)6)13-17-7-9-18(10-8-17)39-40(36)16-37-19(15-38-40)14-30-12-11-21(27)28-23(30)33/h7-12,19-20H,13-16H2,1-6H3,(H,29,32)(H,34,35)(H2,27,28,33)/t19-,20+,40?/m0/s1. The first-order valence-corrected chi connectivity index (χ1v) is 14.5. The van der Waals surface area contributed by atoms with Crippen LogP contribution in [-0.4, -0.2) is 67.7 Å². The van der Waals surface area contributed by atoms with Crippen molar-refractivity contribution in [2.24, 2.45) is 0 Å². The van der Waals surface area contributed by atoms with E-state index in [1.54, 1.807) is 45.0 Å². The van der Waals surface area contributed by atoms with Gasteiger partial charge in [-0.3, -0.25) is 18.8 Å². The van der Waals surface area contributed by atoms with Crippen molar-refractivity contribution in [3.63, 3.8) is 0 Å². The van der Waals surface area contributed by atoms with Gasteiger partial charge in [-0.1, -0.05) is 12.1 Å². The van der Waals surface area contributed by atoms with Crippen LogP contribution in [0.15, 0.2) is 41.3 Å². The molecule has 1 aliphatic heterocycles. The zero-order valence-electron chi connectivity index (χ0n) is 23.6. The van der Waals surface area contributed by atoms with Crippen molar-refractivity contribution in [1.29, 1.82) is 0 Å². The molecule has 13 nitrogen and oxygen atoms in total. The number of ether oxygens (including phenoxy) is 1. The van der Waals surface area contributed by atoms with Crippen LogP contribution in [0.25, 0.3) is 0 Å².